The van der Waals surface area contributed by atoms with Crippen LogP contribution in [-0.2, 0) is 10.2 Å². The van der Waals surface area contributed by atoms with Gasteiger partial charge >= 0.3 is 0 Å². The van der Waals surface area contributed by atoms with Gasteiger partial charge in [0.25, 0.3) is 5.24 Å². The predicted molar refractivity (Wildman–Crippen MR) is 136 cm³/mol. The topological polar surface area (TPSA) is 36.0 Å². The SMILES string of the molecule is CN(C)C(=O)SCCN(C)c1ccc(/C=C/C23OCCN2c2ccccc2C3(C)C)cc1. The fourth-order valence-electron chi connectivity index (χ4n) is 4.71. The van der Waals surface area contributed by atoms with E-state index in [9.17, 15) is 4.79 Å². The Kier molecular flexibility index (Phi) is 6.28. The van der Waals surface area contributed by atoms with Gasteiger partial charge in [0.05, 0.1) is 6.61 Å². The van der Waals surface area contributed by atoms with Gasteiger partial charge in [-0.05, 0) is 35.4 Å². The van der Waals surface area contributed by atoms with Crippen molar-refractivity contribution in [2.24, 2.45) is 0 Å². The first-order valence-electron chi connectivity index (χ1n) is 11.1. The maximum atomic E-state index is 11.7. The molecule has 170 valence electrons. The number of carbonyl (C=O) groups excluding carboxylic acids is 1. The second kappa shape index (κ2) is 8.83. The summed E-state index contributed by atoms with van der Waals surface area (Å²) in [6.07, 6.45) is 4.42. The molecule has 32 heavy (non-hydrogen) atoms. The van der Waals surface area contributed by atoms with Crippen LogP contribution in [0.15, 0.2) is 54.6 Å². The second-order valence-electron chi connectivity index (χ2n) is 9.19. The summed E-state index contributed by atoms with van der Waals surface area (Å²) in [7, 11) is 5.63. The Hall–Kier alpha value is -2.44. The summed E-state index contributed by atoms with van der Waals surface area (Å²) in [6.45, 7) is 7.01. The normalized spacial score (nSPS) is 21.0. The summed E-state index contributed by atoms with van der Waals surface area (Å²) < 4.78 is 6.42. The Balaban J connectivity index is 1.46. The van der Waals surface area contributed by atoms with Crippen molar-refractivity contribution < 1.29 is 9.53 Å². The third kappa shape index (κ3) is 3.90. The van der Waals surface area contributed by atoms with Crippen LogP contribution in [-0.4, -0.2) is 62.5 Å². The van der Waals surface area contributed by atoms with Crippen LogP contribution in [0.4, 0.5) is 16.2 Å². The van der Waals surface area contributed by atoms with Crippen LogP contribution in [0.3, 0.4) is 0 Å². The maximum absolute atomic E-state index is 11.7. The van der Waals surface area contributed by atoms with Crippen LogP contribution in [0.2, 0.25) is 0 Å². The average Bonchev–Trinajstić information content (AvgIpc) is 3.29. The van der Waals surface area contributed by atoms with E-state index in [-0.39, 0.29) is 10.7 Å². The molecule has 1 unspecified atom stereocenters. The molecule has 1 amide bonds. The molecule has 0 bridgehead atoms. The van der Waals surface area contributed by atoms with Crippen LogP contribution in [0.25, 0.3) is 6.08 Å². The Morgan fingerprint density at radius 3 is 2.56 bits per heavy atom. The molecule has 0 saturated carbocycles. The first-order chi connectivity index (χ1) is 15.3. The van der Waals surface area contributed by atoms with E-state index in [2.05, 4.69) is 91.4 Å². The molecule has 0 spiro atoms. The molecule has 2 aliphatic rings. The van der Waals surface area contributed by atoms with Crippen LogP contribution < -0.4 is 9.80 Å². The standard InChI is InChI=1S/C26H33N3O2S/c1-25(2)22-8-6-7-9-23(22)29-16-18-31-26(25,29)15-14-20-10-12-21(13-11-20)28(5)17-19-32-24(30)27(3)4/h6-15H,16-19H2,1-5H3/b15-14+. The molecular weight excluding hydrogens is 418 g/mol. The number of benzene rings is 2. The summed E-state index contributed by atoms with van der Waals surface area (Å²) in [4.78, 5) is 17.9. The van der Waals surface area contributed by atoms with E-state index < -0.39 is 5.72 Å². The van der Waals surface area contributed by atoms with Gasteiger partial charge in [0.1, 0.15) is 0 Å². The highest BCUT2D eigenvalue weighted by molar-refractivity contribution is 8.13. The van der Waals surface area contributed by atoms with Gasteiger partial charge in [-0.1, -0.05) is 62.0 Å². The third-order valence-corrected chi connectivity index (χ3v) is 7.65. The van der Waals surface area contributed by atoms with E-state index in [1.807, 2.05) is 0 Å². The minimum Gasteiger partial charge on any atom is -0.374 e. The summed E-state index contributed by atoms with van der Waals surface area (Å²) in [5, 5.41) is 0.0958. The molecule has 1 saturated heterocycles. The monoisotopic (exact) mass is 451 g/mol. The number of para-hydroxylation sites is 1. The highest BCUT2D eigenvalue weighted by atomic mass is 32.2. The first kappa shape index (κ1) is 22.7. The van der Waals surface area contributed by atoms with E-state index in [0.717, 1.165) is 36.7 Å². The summed E-state index contributed by atoms with van der Waals surface area (Å²) in [6, 6.07) is 17.2. The van der Waals surface area contributed by atoms with Crippen LogP contribution in [0, 0.1) is 0 Å². The zero-order chi connectivity index (χ0) is 22.9. The minimum absolute atomic E-state index is 0.0958. The number of carbonyl (C=O) groups is 1. The van der Waals surface area contributed by atoms with Gasteiger partial charge in [0, 0.05) is 56.8 Å². The van der Waals surface area contributed by atoms with Gasteiger partial charge in [0.15, 0.2) is 5.72 Å². The Morgan fingerprint density at radius 1 is 1.12 bits per heavy atom. The molecule has 0 N–H and O–H groups in total. The second-order valence-corrected chi connectivity index (χ2v) is 10.2. The molecule has 2 aromatic carbocycles. The van der Waals surface area contributed by atoms with Gasteiger partial charge in [-0.3, -0.25) is 4.79 Å². The number of anilines is 2. The van der Waals surface area contributed by atoms with Gasteiger partial charge in [-0.25, -0.2) is 0 Å². The molecule has 1 atom stereocenters. The largest absolute Gasteiger partial charge is 0.374 e. The zero-order valence-corrected chi connectivity index (χ0v) is 20.5. The Bertz CT molecular complexity index is 1000. The fourth-order valence-corrected chi connectivity index (χ4v) is 5.51. The molecule has 2 heterocycles. The first-order valence-corrected chi connectivity index (χ1v) is 12.1. The zero-order valence-electron chi connectivity index (χ0n) is 19.7. The predicted octanol–water partition coefficient (Wildman–Crippen LogP) is 5.08. The van der Waals surface area contributed by atoms with Crippen LogP contribution >= 0.6 is 11.8 Å². The molecule has 0 aromatic heterocycles. The van der Waals surface area contributed by atoms with E-state index in [1.165, 1.54) is 23.0 Å². The number of hydrogen-bond acceptors (Lipinski definition) is 5. The quantitative estimate of drug-likeness (QED) is 0.612. The molecule has 5 nitrogen and oxygen atoms in total. The van der Waals surface area contributed by atoms with Crippen molar-refractivity contribution in [3.63, 3.8) is 0 Å². The van der Waals surface area contributed by atoms with Gasteiger partial charge < -0.3 is 19.4 Å². The van der Waals surface area contributed by atoms with Crippen molar-refractivity contribution >= 4 is 34.5 Å². The smallest absolute Gasteiger partial charge is 0.281 e. The minimum atomic E-state index is -0.456. The van der Waals surface area contributed by atoms with Crippen molar-refractivity contribution in [2.45, 2.75) is 25.0 Å². The number of amides is 1. The summed E-state index contributed by atoms with van der Waals surface area (Å²) in [5.74, 6) is 0.764. The number of nitrogens with zero attached hydrogens (tertiary/aromatic N) is 3. The molecule has 2 aromatic rings. The van der Waals surface area contributed by atoms with Crippen LogP contribution in [0.1, 0.15) is 25.0 Å². The third-order valence-electron chi connectivity index (χ3n) is 6.65. The summed E-state index contributed by atoms with van der Waals surface area (Å²) in [5.41, 5.74) is 4.32. The highest BCUT2D eigenvalue weighted by Crippen LogP contribution is 2.54. The molecular formula is C26H33N3O2S. The van der Waals surface area contributed by atoms with Gasteiger partial charge in [-0.2, -0.15) is 0 Å². The van der Waals surface area contributed by atoms with Crippen molar-refractivity contribution in [1.29, 1.82) is 0 Å². The van der Waals surface area contributed by atoms with Gasteiger partial charge in [-0.15, -0.1) is 0 Å². The Labute approximate surface area is 196 Å². The van der Waals surface area contributed by atoms with E-state index >= 15 is 0 Å². The molecule has 0 radical (unpaired) electrons. The van der Waals surface area contributed by atoms with Crippen LogP contribution in [0.5, 0.6) is 0 Å². The van der Waals surface area contributed by atoms with Crippen molar-refractivity contribution in [2.75, 3.05) is 56.4 Å². The van der Waals surface area contributed by atoms with E-state index in [4.69, 9.17) is 4.74 Å². The summed E-state index contributed by atoms with van der Waals surface area (Å²) >= 11 is 1.35. The number of ether oxygens (including phenoxy) is 1. The lowest BCUT2D eigenvalue weighted by molar-refractivity contribution is 0.000337. The lowest BCUT2D eigenvalue weighted by Gasteiger charge is -2.39. The van der Waals surface area contributed by atoms with Crippen molar-refractivity contribution in [3.05, 3.63) is 65.7 Å². The number of fused-ring (bicyclic) bond motifs is 3. The molecule has 4 rings (SSSR count). The maximum Gasteiger partial charge on any atom is 0.281 e. The molecule has 6 heteroatoms. The highest BCUT2D eigenvalue weighted by Gasteiger charge is 2.58. The van der Waals surface area contributed by atoms with E-state index in [0.29, 0.717) is 0 Å². The number of hydrogen-bond donors (Lipinski definition) is 0. The van der Waals surface area contributed by atoms with Gasteiger partial charge in [0.2, 0.25) is 0 Å². The number of rotatable bonds is 6. The molecule has 1 fully saturated rings. The average molecular weight is 452 g/mol. The van der Waals surface area contributed by atoms with Crippen molar-refractivity contribution in [3.8, 4) is 0 Å². The molecule has 0 aliphatic carbocycles. The van der Waals surface area contributed by atoms with E-state index in [1.54, 1.807) is 19.0 Å². The lowest BCUT2D eigenvalue weighted by Crippen LogP contribution is -2.51. The van der Waals surface area contributed by atoms with Crippen molar-refractivity contribution in [1.82, 2.24) is 4.90 Å². The molecule has 2 aliphatic heterocycles. The Morgan fingerprint density at radius 2 is 1.84 bits per heavy atom. The lowest BCUT2D eigenvalue weighted by atomic mass is 9.77. The fraction of sp³-hybridized carbons (Fsp3) is 0.423. The number of thioether (sulfide) groups is 1.